The Morgan fingerprint density at radius 1 is 0.646 bits per heavy atom. The number of carbonyl (C=O) groups is 9. The molecule has 6 heterocycles. The van der Waals surface area contributed by atoms with Gasteiger partial charge in [-0.05, 0) is 194 Å². The van der Waals surface area contributed by atoms with Crippen LogP contribution in [-0.2, 0) is 43.1 Å². The number of hydrogen-bond acceptors (Lipinski definition) is 23. The topological polar surface area (TPSA) is 457 Å². The maximum absolute atomic E-state index is 16.4. The first-order chi connectivity index (χ1) is 53.9. The van der Waals surface area contributed by atoms with Crippen LogP contribution < -0.4 is 56.0 Å². The molecule has 29 nitrogen and oxygen atoms in total. The summed E-state index contributed by atoms with van der Waals surface area (Å²) in [5, 5.41) is 107. The minimum atomic E-state index is -2.17. The largest absolute Gasteiger partial charge is 0.507 e. The highest BCUT2D eigenvalue weighted by atomic mass is 35.5. The summed E-state index contributed by atoms with van der Waals surface area (Å²) in [6.07, 6.45) is -12.6. The first kappa shape index (κ1) is 81.1. The van der Waals surface area contributed by atoms with E-state index < -0.39 is 192 Å². The van der Waals surface area contributed by atoms with Gasteiger partial charge in [-0.25, -0.2) is 4.79 Å². The quantitative estimate of drug-likeness (QED) is 0.0406. The zero-order valence-corrected chi connectivity index (χ0v) is 63.6. The van der Waals surface area contributed by atoms with Crippen molar-refractivity contribution in [1.29, 1.82) is 0 Å². The minimum Gasteiger partial charge on any atom is -0.507 e. The zero-order valence-electron chi connectivity index (χ0n) is 62.1. The Balaban J connectivity index is 0.999. The number of Topliss-reactive ketones (excluding diaryl/α,β-unsaturated/α-hetero) is 3. The highest BCUT2D eigenvalue weighted by molar-refractivity contribution is 6.32. The van der Waals surface area contributed by atoms with Gasteiger partial charge >= 0.3 is 6.09 Å². The third kappa shape index (κ3) is 17.4. The second-order valence-corrected chi connectivity index (χ2v) is 31.7. The minimum absolute atomic E-state index is 0.00642. The summed E-state index contributed by atoms with van der Waals surface area (Å²) in [6, 6.07) is 13.7. The molecule has 14 atom stereocenters. The number of phenols is 2. The number of halogens is 2. The van der Waals surface area contributed by atoms with Crippen molar-refractivity contribution in [2.45, 2.75) is 171 Å². The van der Waals surface area contributed by atoms with E-state index in [-0.39, 0.29) is 102 Å². The van der Waals surface area contributed by atoms with Gasteiger partial charge in [-0.15, -0.1) is 0 Å². The van der Waals surface area contributed by atoms with E-state index in [1.165, 1.54) is 48.5 Å². The molecule has 6 aromatic carbocycles. The van der Waals surface area contributed by atoms with Gasteiger partial charge in [0.2, 0.25) is 41.6 Å². The molecule has 16 rings (SSSR count). The first-order valence-electron chi connectivity index (χ1n) is 37.9. The van der Waals surface area contributed by atoms with Crippen LogP contribution in [0.4, 0.5) is 10.5 Å². The number of aliphatic hydroxyl groups excluding tert-OH is 6. The summed E-state index contributed by atoms with van der Waals surface area (Å²) < 4.78 is 36.9. The van der Waals surface area contributed by atoms with E-state index in [1.807, 2.05) is 13.8 Å². The molecule has 113 heavy (non-hydrogen) atoms. The fraction of sp³-hybridized carbons (Fsp3) is 0.451. The number of ketones is 3. The van der Waals surface area contributed by atoms with E-state index in [1.54, 1.807) is 38.1 Å². The fourth-order valence-corrected chi connectivity index (χ4v) is 17.8. The molecule has 6 aliphatic heterocycles. The Morgan fingerprint density at radius 2 is 1.28 bits per heavy atom. The first-order valence-corrected chi connectivity index (χ1v) is 38.7. The third-order valence-electron chi connectivity index (χ3n) is 22.8. The molecule has 10 aliphatic rings. The number of hydrogen-bond donors (Lipinski definition) is 14. The molecular formula is C82H90Cl2N6O23. The highest BCUT2D eigenvalue weighted by Gasteiger charge is 2.51. The molecule has 15 N–H and O–H groups in total. The summed E-state index contributed by atoms with van der Waals surface area (Å²) in [4.78, 5) is 136. The molecule has 600 valence electrons. The summed E-state index contributed by atoms with van der Waals surface area (Å²) in [6.45, 7) is 6.77. The van der Waals surface area contributed by atoms with Crippen molar-refractivity contribution in [3.05, 3.63) is 141 Å². The molecular weight excluding hydrogens is 1510 g/mol. The Kier molecular flexibility index (Phi) is 24.4. The van der Waals surface area contributed by atoms with Crippen LogP contribution in [-0.4, -0.2) is 150 Å². The molecule has 4 aliphatic carbocycles. The molecule has 1 saturated heterocycles. The smallest absolute Gasteiger partial charge is 0.417 e. The second-order valence-electron chi connectivity index (χ2n) is 30.9. The number of amides is 6. The van der Waals surface area contributed by atoms with Crippen LogP contribution in [0.15, 0.2) is 103 Å². The van der Waals surface area contributed by atoms with Crippen molar-refractivity contribution in [1.82, 2.24) is 21.3 Å². The van der Waals surface area contributed by atoms with Gasteiger partial charge in [-0.2, -0.15) is 0 Å². The molecule has 5 fully saturated rings. The van der Waals surface area contributed by atoms with Crippen LogP contribution in [0.25, 0.3) is 11.1 Å². The number of benzene rings is 6. The monoisotopic (exact) mass is 1600 g/mol. The van der Waals surface area contributed by atoms with Crippen LogP contribution in [0.5, 0.6) is 51.7 Å². The molecule has 6 amide bonds. The van der Waals surface area contributed by atoms with E-state index in [9.17, 15) is 55.2 Å². The number of ether oxygens (including phenoxy) is 6. The van der Waals surface area contributed by atoms with Gasteiger partial charge in [-0.3, -0.25) is 43.7 Å². The lowest BCUT2D eigenvalue weighted by atomic mass is 9.51. The van der Waals surface area contributed by atoms with Crippen LogP contribution in [0.3, 0.4) is 0 Å². The van der Waals surface area contributed by atoms with Crippen molar-refractivity contribution in [3.8, 4) is 62.9 Å². The van der Waals surface area contributed by atoms with Crippen LogP contribution in [0, 0.1) is 47.3 Å². The summed E-state index contributed by atoms with van der Waals surface area (Å²) in [5.41, 5.74) is 4.49. The standard InChI is InChI=1S/C82H90Cl2N6O23/c1-5-38(17-35(3)4)77(103)89-69-57(94)26-45(29-65(85)97)78(104)87-67-44-27-62(110-60-15-8-40(71(69)98)24-53(60)83)76(113-81-75(102)74(101)73(100)64(34-91)112-81)63(28-44)111-61-16-9-41(25-54(61)84)72(99)70-80(106)88-68(59(96)32-49-42-19-36-18-37(21-42)22-43(49)20-36)52-30-48(109-82(107)86-46-10-12-47(13-11-46)108-6-2)31-56(93)66(52)51-23-39(7-14-55(51)92)50(33-58(67)95)79(105)90-70/h7-16,23-25,27-28,30-31,35-38,42-43,45,49-50,64,67-75,81,91-93,98-102H,5-6,17-22,26,29,32-34H2,1-4H3,(H2,85,97)(H,86,107)(H,87,104)(H,88,106)(H,89,103)(H,90,105)/t36?,37?,38-,42?,43?,45+,49?,50-,64-,67?,68+,69+,70+,71-,72-,73-,74+,75-,81+/m1/s1. The molecule has 1 unspecified atom stereocenters. The van der Waals surface area contributed by atoms with E-state index in [4.69, 9.17) is 57.4 Å². The zero-order chi connectivity index (χ0) is 80.7. The molecule has 6 aromatic rings. The van der Waals surface area contributed by atoms with E-state index in [0.29, 0.717) is 37.0 Å². The summed E-state index contributed by atoms with van der Waals surface area (Å²) in [5.74, 6) is -15.0. The number of fused-ring (bicyclic) bond motifs is 15. The number of aromatic hydroxyl groups is 2. The predicted molar refractivity (Wildman–Crippen MR) is 405 cm³/mol. The lowest BCUT2D eigenvalue weighted by Gasteiger charge is -2.54. The average Bonchev–Trinajstić information content (AvgIpc) is 0.759. The number of phenolic OH excluding ortho intramolecular Hbond substituents is 2. The lowest BCUT2D eigenvalue weighted by Crippen LogP contribution is -2.60. The number of nitrogens with two attached hydrogens (primary N) is 1. The number of carbonyl (C=O) groups excluding carboxylic acids is 9. The lowest BCUT2D eigenvalue weighted by molar-refractivity contribution is -0.277. The number of nitrogens with one attached hydrogen (secondary N) is 5. The number of anilines is 1. The molecule has 0 radical (unpaired) electrons. The van der Waals surface area contributed by atoms with Gasteiger partial charge in [0.05, 0.1) is 35.1 Å². The van der Waals surface area contributed by atoms with Crippen molar-refractivity contribution in [2.24, 2.45) is 53.1 Å². The van der Waals surface area contributed by atoms with Gasteiger partial charge < -0.3 is 96.3 Å². The van der Waals surface area contributed by atoms with Crippen LogP contribution >= 0.6 is 23.2 Å². The molecule has 15 bridgehead atoms. The maximum atomic E-state index is 16.4. The van der Waals surface area contributed by atoms with E-state index in [2.05, 4.69) is 26.6 Å². The van der Waals surface area contributed by atoms with Crippen molar-refractivity contribution in [3.63, 3.8) is 0 Å². The summed E-state index contributed by atoms with van der Waals surface area (Å²) >= 11 is 14.3. The van der Waals surface area contributed by atoms with E-state index in [0.717, 1.165) is 62.4 Å². The Bertz CT molecular complexity index is 4670. The highest BCUT2D eigenvalue weighted by Crippen LogP contribution is 2.58. The molecule has 31 heteroatoms. The average molecular weight is 1600 g/mol. The number of aliphatic hydroxyl groups is 6. The fourth-order valence-electron chi connectivity index (χ4n) is 17.3. The SMILES string of the molecule is CCOc1ccc(NC(=O)Oc2cc(O)c3c(c2)[C@@H](C(=O)CC2C4CC5CC(C4)CC2C5)NC(=O)[C@H]2NC(=O)[C@H](CC(=O)C4NC(=O)[C@H](CC(N)=O)CC(=O)[C@H](NC(=O)[C@H](CC)CC(C)C)[C@H](O)c5ccc(c(Cl)c5)Oc5cc4cc(c5O[C@@H]4O[C@H](CO)[C@@H](O)[C@H](O)[C@H]4O)Oc4ccc(cc4Cl)[C@H]2O)c2ccc(O)c-3c2)cc1. The second kappa shape index (κ2) is 34.0. The third-order valence-corrected chi connectivity index (χ3v) is 23.4. The predicted octanol–water partition coefficient (Wildman–Crippen LogP) is 8.53. The number of rotatable bonds is 17. The number of primary amides is 1. The Labute approximate surface area is 659 Å². The van der Waals surface area contributed by atoms with Gasteiger partial charge in [0.15, 0.2) is 28.8 Å². The van der Waals surface area contributed by atoms with Crippen molar-refractivity contribution >= 4 is 81.9 Å². The van der Waals surface area contributed by atoms with Gasteiger partial charge in [-0.1, -0.05) is 62.2 Å². The van der Waals surface area contributed by atoms with Crippen molar-refractivity contribution in [2.75, 3.05) is 18.5 Å². The van der Waals surface area contributed by atoms with Crippen LogP contribution in [0.1, 0.15) is 156 Å². The molecule has 0 aromatic heterocycles. The normalized spacial score (nSPS) is 28.3. The van der Waals surface area contributed by atoms with Crippen LogP contribution in [0.2, 0.25) is 10.0 Å². The Hall–Kier alpha value is -9.95. The Morgan fingerprint density at radius 3 is 1.88 bits per heavy atom. The maximum Gasteiger partial charge on any atom is 0.417 e. The van der Waals surface area contributed by atoms with Gasteiger partial charge in [0, 0.05) is 54.5 Å². The summed E-state index contributed by atoms with van der Waals surface area (Å²) in [7, 11) is 0. The van der Waals surface area contributed by atoms with Crippen molar-refractivity contribution < 1.29 is 112 Å². The van der Waals surface area contributed by atoms with Gasteiger partial charge in [0.1, 0.15) is 95.3 Å². The van der Waals surface area contributed by atoms with Gasteiger partial charge in [0.25, 0.3) is 0 Å². The van der Waals surface area contributed by atoms with E-state index >= 15 is 28.8 Å². The molecule has 0 spiro atoms. The molecule has 4 saturated carbocycles.